The Bertz CT molecular complexity index is 349. The first-order valence-corrected chi connectivity index (χ1v) is 5.89. The van der Waals surface area contributed by atoms with Crippen LogP contribution in [0.4, 0.5) is 5.69 Å². The smallest absolute Gasteiger partial charge is 0.224 e. The standard InChI is InChI=1S/C12H15NOS/c1-3-9-15-11-8-6-5-7-10(11)13-12(14)4-2/h3,5-8H,1,4,9H2,2H3,(H,13,14). The Kier molecular flexibility index (Phi) is 4.98. The van der Waals surface area contributed by atoms with Crippen LogP contribution in [0.25, 0.3) is 0 Å². The number of carbonyl (C=O) groups excluding carboxylic acids is 1. The molecule has 1 amide bonds. The molecule has 0 fully saturated rings. The van der Waals surface area contributed by atoms with Gasteiger partial charge in [-0.15, -0.1) is 18.3 Å². The topological polar surface area (TPSA) is 29.1 Å². The summed E-state index contributed by atoms with van der Waals surface area (Å²) in [7, 11) is 0. The molecule has 1 N–H and O–H groups in total. The lowest BCUT2D eigenvalue weighted by Gasteiger charge is -2.08. The quantitative estimate of drug-likeness (QED) is 0.610. The summed E-state index contributed by atoms with van der Waals surface area (Å²) in [5, 5.41) is 2.88. The lowest BCUT2D eigenvalue weighted by atomic mass is 10.3. The number of hydrogen-bond donors (Lipinski definition) is 1. The van der Waals surface area contributed by atoms with Crippen LogP contribution in [0.1, 0.15) is 13.3 Å². The third-order valence-electron chi connectivity index (χ3n) is 1.84. The van der Waals surface area contributed by atoms with Gasteiger partial charge in [0.15, 0.2) is 0 Å². The molecule has 0 saturated heterocycles. The Balaban J connectivity index is 2.76. The second-order valence-corrected chi connectivity index (χ2v) is 4.06. The van der Waals surface area contributed by atoms with E-state index in [2.05, 4.69) is 11.9 Å². The van der Waals surface area contributed by atoms with Crippen LogP contribution >= 0.6 is 11.8 Å². The highest BCUT2D eigenvalue weighted by Gasteiger charge is 2.03. The van der Waals surface area contributed by atoms with Crippen LogP contribution in [0.5, 0.6) is 0 Å². The molecule has 2 nitrogen and oxygen atoms in total. The monoisotopic (exact) mass is 221 g/mol. The van der Waals surface area contributed by atoms with Crippen molar-refractivity contribution >= 4 is 23.4 Å². The fourth-order valence-corrected chi connectivity index (χ4v) is 1.83. The molecule has 0 radical (unpaired) electrons. The van der Waals surface area contributed by atoms with E-state index in [4.69, 9.17) is 0 Å². The summed E-state index contributed by atoms with van der Waals surface area (Å²) in [6, 6.07) is 7.80. The number of thioether (sulfide) groups is 1. The molecule has 0 atom stereocenters. The van der Waals surface area contributed by atoms with Crippen LogP contribution in [-0.4, -0.2) is 11.7 Å². The highest BCUT2D eigenvalue weighted by atomic mass is 32.2. The molecule has 15 heavy (non-hydrogen) atoms. The van der Waals surface area contributed by atoms with Gasteiger partial charge in [-0.1, -0.05) is 25.1 Å². The van der Waals surface area contributed by atoms with Crippen molar-refractivity contribution < 1.29 is 4.79 Å². The van der Waals surface area contributed by atoms with E-state index in [1.807, 2.05) is 37.3 Å². The van der Waals surface area contributed by atoms with Crippen molar-refractivity contribution in [1.29, 1.82) is 0 Å². The van der Waals surface area contributed by atoms with E-state index in [0.29, 0.717) is 6.42 Å². The minimum atomic E-state index is 0.0432. The van der Waals surface area contributed by atoms with Crippen molar-refractivity contribution in [2.45, 2.75) is 18.2 Å². The number of rotatable bonds is 5. The van der Waals surface area contributed by atoms with E-state index in [1.165, 1.54) is 0 Å². The number of benzene rings is 1. The number of para-hydroxylation sites is 1. The molecule has 0 bridgehead atoms. The van der Waals surface area contributed by atoms with Crippen LogP contribution in [0.2, 0.25) is 0 Å². The Hall–Kier alpha value is -1.22. The van der Waals surface area contributed by atoms with Crippen LogP contribution in [0.3, 0.4) is 0 Å². The Morgan fingerprint density at radius 1 is 1.53 bits per heavy atom. The summed E-state index contributed by atoms with van der Waals surface area (Å²) in [5.41, 5.74) is 0.885. The van der Waals surface area contributed by atoms with Gasteiger partial charge in [-0.2, -0.15) is 0 Å². The van der Waals surface area contributed by atoms with Crippen molar-refractivity contribution in [3.8, 4) is 0 Å². The fraction of sp³-hybridized carbons (Fsp3) is 0.250. The summed E-state index contributed by atoms with van der Waals surface area (Å²) in [6.07, 6.45) is 2.35. The molecule has 3 heteroatoms. The molecule has 0 aromatic heterocycles. The van der Waals surface area contributed by atoms with E-state index < -0.39 is 0 Å². The number of anilines is 1. The minimum Gasteiger partial charge on any atom is -0.325 e. The average Bonchev–Trinajstić information content (AvgIpc) is 2.28. The molecule has 80 valence electrons. The maximum atomic E-state index is 11.3. The zero-order valence-corrected chi connectivity index (χ0v) is 9.64. The van der Waals surface area contributed by atoms with E-state index in [1.54, 1.807) is 11.8 Å². The number of carbonyl (C=O) groups is 1. The second-order valence-electron chi connectivity index (χ2n) is 3.00. The van der Waals surface area contributed by atoms with Gasteiger partial charge in [-0.3, -0.25) is 4.79 Å². The highest BCUT2D eigenvalue weighted by Crippen LogP contribution is 2.26. The summed E-state index contributed by atoms with van der Waals surface area (Å²) < 4.78 is 0. The molecule has 0 saturated carbocycles. The van der Waals surface area contributed by atoms with Gasteiger partial charge in [-0.05, 0) is 12.1 Å². The number of amides is 1. The Labute approximate surface area is 94.8 Å². The first kappa shape index (κ1) is 11.9. The van der Waals surface area contributed by atoms with Crippen LogP contribution in [0, 0.1) is 0 Å². The Morgan fingerprint density at radius 3 is 2.93 bits per heavy atom. The zero-order chi connectivity index (χ0) is 11.1. The van der Waals surface area contributed by atoms with Gasteiger partial charge in [0, 0.05) is 17.1 Å². The van der Waals surface area contributed by atoms with E-state index >= 15 is 0 Å². The lowest BCUT2D eigenvalue weighted by molar-refractivity contribution is -0.115. The molecule has 0 spiro atoms. The van der Waals surface area contributed by atoms with Gasteiger partial charge in [0.2, 0.25) is 5.91 Å². The summed E-state index contributed by atoms with van der Waals surface area (Å²) >= 11 is 1.67. The van der Waals surface area contributed by atoms with E-state index in [0.717, 1.165) is 16.3 Å². The van der Waals surface area contributed by atoms with Crippen molar-refractivity contribution in [2.75, 3.05) is 11.1 Å². The zero-order valence-electron chi connectivity index (χ0n) is 8.82. The molecule has 0 aliphatic rings. The molecule has 0 unspecified atom stereocenters. The maximum Gasteiger partial charge on any atom is 0.224 e. The molecular formula is C12H15NOS. The molecule has 1 aromatic rings. The third-order valence-corrected chi connectivity index (χ3v) is 2.91. The summed E-state index contributed by atoms with van der Waals surface area (Å²) in [5.74, 6) is 0.889. The van der Waals surface area contributed by atoms with Gasteiger partial charge in [0.05, 0.1) is 5.69 Å². The normalized spacial score (nSPS) is 9.67. The van der Waals surface area contributed by atoms with Gasteiger partial charge in [-0.25, -0.2) is 0 Å². The van der Waals surface area contributed by atoms with Crippen molar-refractivity contribution in [1.82, 2.24) is 0 Å². The van der Waals surface area contributed by atoms with Crippen LogP contribution < -0.4 is 5.32 Å². The lowest BCUT2D eigenvalue weighted by Crippen LogP contribution is -2.10. The van der Waals surface area contributed by atoms with Gasteiger partial charge in [0.25, 0.3) is 0 Å². The summed E-state index contributed by atoms with van der Waals surface area (Å²) in [6.45, 7) is 5.52. The van der Waals surface area contributed by atoms with Gasteiger partial charge >= 0.3 is 0 Å². The number of hydrogen-bond acceptors (Lipinski definition) is 2. The van der Waals surface area contributed by atoms with Gasteiger partial charge < -0.3 is 5.32 Å². The van der Waals surface area contributed by atoms with Gasteiger partial charge in [0.1, 0.15) is 0 Å². The first-order valence-electron chi connectivity index (χ1n) is 4.90. The van der Waals surface area contributed by atoms with E-state index in [9.17, 15) is 4.79 Å². The van der Waals surface area contributed by atoms with Crippen LogP contribution in [-0.2, 0) is 4.79 Å². The Morgan fingerprint density at radius 2 is 2.27 bits per heavy atom. The SMILES string of the molecule is C=CCSc1ccccc1NC(=O)CC. The minimum absolute atomic E-state index is 0.0432. The molecule has 1 aromatic carbocycles. The molecule has 0 heterocycles. The molecule has 1 rings (SSSR count). The van der Waals surface area contributed by atoms with Crippen molar-refractivity contribution in [3.63, 3.8) is 0 Å². The maximum absolute atomic E-state index is 11.3. The summed E-state index contributed by atoms with van der Waals surface area (Å²) in [4.78, 5) is 12.3. The largest absolute Gasteiger partial charge is 0.325 e. The van der Waals surface area contributed by atoms with Crippen LogP contribution in [0.15, 0.2) is 41.8 Å². The number of nitrogens with one attached hydrogen (secondary N) is 1. The van der Waals surface area contributed by atoms with E-state index in [-0.39, 0.29) is 5.91 Å². The molecule has 0 aliphatic carbocycles. The third kappa shape index (κ3) is 3.80. The van der Waals surface area contributed by atoms with Crippen molar-refractivity contribution in [2.24, 2.45) is 0 Å². The average molecular weight is 221 g/mol. The first-order chi connectivity index (χ1) is 7.27. The predicted octanol–water partition coefficient (Wildman–Crippen LogP) is 3.31. The molecule has 0 aliphatic heterocycles. The predicted molar refractivity (Wildman–Crippen MR) is 66.3 cm³/mol. The van der Waals surface area contributed by atoms with Crippen molar-refractivity contribution in [3.05, 3.63) is 36.9 Å². The highest BCUT2D eigenvalue weighted by molar-refractivity contribution is 7.99. The second kappa shape index (κ2) is 6.30. The fourth-order valence-electron chi connectivity index (χ4n) is 1.08. The molecular weight excluding hydrogens is 206 g/mol.